The van der Waals surface area contributed by atoms with Crippen LogP contribution in [0.15, 0.2) is 24.3 Å². The molecule has 2 amide bonds. The van der Waals surface area contributed by atoms with Gasteiger partial charge in [0, 0.05) is 20.5 Å². The first-order valence-corrected chi connectivity index (χ1v) is 8.15. The summed E-state index contributed by atoms with van der Waals surface area (Å²) in [5.74, 6) is 0.432. The third-order valence-electron chi connectivity index (χ3n) is 4.81. The Balaban J connectivity index is 2.18. The summed E-state index contributed by atoms with van der Waals surface area (Å²) in [5, 5.41) is 11.1. The highest BCUT2D eigenvalue weighted by Crippen LogP contribution is 2.35. The molecule has 1 N–H and O–H groups in total. The summed E-state index contributed by atoms with van der Waals surface area (Å²) >= 11 is 0. The number of benzene rings is 1. The van der Waals surface area contributed by atoms with E-state index < -0.39 is 5.60 Å². The standard InChI is InChI=1S/C18H26N2O4/c1-13(21)19(3)12-17(22)20-11-5-6-16(20)18(2,23)14-7-9-15(24-4)10-8-14/h7-10,16,23H,5-6,11-12H2,1-4H3/t16-,18+/m1/s1. The number of likely N-dealkylation sites (N-methyl/N-ethyl adjacent to an activating group) is 1. The molecule has 0 saturated carbocycles. The first-order valence-electron chi connectivity index (χ1n) is 8.15. The van der Waals surface area contributed by atoms with Crippen LogP contribution in [-0.2, 0) is 15.2 Å². The van der Waals surface area contributed by atoms with Gasteiger partial charge in [0.05, 0.1) is 19.7 Å². The van der Waals surface area contributed by atoms with Crippen LogP contribution < -0.4 is 4.74 Å². The topological polar surface area (TPSA) is 70.1 Å². The van der Waals surface area contributed by atoms with E-state index in [1.807, 2.05) is 12.1 Å². The van der Waals surface area contributed by atoms with Crippen molar-refractivity contribution in [3.63, 3.8) is 0 Å². The molecule has 1 aliphatic heterocycles. The van der Waals surface area contributed by atoms with E-state index in [9.17, 15) is 14.7 Å². The molecule has 0 unspecified atom stereocenters. The second-order valence-corrected chi connectivity index (χ2v) is 6.50. The van der Waals surface area contributed by atoms with Gasteiger partial charge in [-0.15, -0.1) is 0 Å². The van der Waals surface area contributed by atoms with Gasteiger partial charge in [-0.1, -0.05) is 12.1 Å². The van der Waals surface area contributed by atoms with Crippen LogP contribution in [0.2, 0.25) is 0 Å². The zero-order valence-electron chi connectivity index (χ0n) is 14.8. The summed E-state index contributed by atoms with van der Waals surface area (Å²) in [7, 11) is 3.20. The predicted octanol–water partition coefficient (Wildman–Crippen LogP) is 1.37. The highest BCUT2D eigenvalue weighted by molar-refractivity contribution is 5.84. The number of rotatable bonds is 5. The third kappa shape index (κ3) is 3.70. The van der Waals surface area contributed by atoms with Crippen LogP contribution in [0.5, 0.6) is 5.75 Å². The number of likely N-dealkylation sites (tertiary alicyclic amines) is 1. The largest absolute Gasteiger partial charge is 0.497 e. The molecule has 0 aromatic heterocycles. The van der Waals surface area contributed by atoms with E-state index in [1.54, 1.807) is 38.1 Å². The predicted molar refractivity (Wildman–Crippen MR) is 90.6 cm³/mol. The van der Waals surface area contributed by atoms with E-state index in [-0.39, 0.29) is 24.4 Å². The summed E-state index contributed by atoms with van der Waals surface area (Å²) in [6.07, 6.45) is 1.57. The van der Waals surface area contributed by atoms with Crippen LogP contribution in [0.25, 0.3) is 0 Å². The van der Waals surface area contributed by atoms with E-state index in [0.29, 0.717) is 6.54 Å². The van der Waals surface area contributed by atoms with Crippen molar-refractivity contribution in [3.8, 4) is 5.75 Å². The molecular weight excluding hydrogens is 308 g/mol. The molecule has 1 heterocycles. The average molecular weight is 334 g/mol. The number of hydrogen-bond acceptors (Lipinski definition) is 4. The Morgan fingerprint density at radius 1 is 1.38 bits per heavy atom. The molecule has 1 saturated heterocycles. The molecule has 0 bridgehead atoms. The molecule has 1 aliphatic rings. The minimum atomic E-state index is -1.16. The van der Waals surface area contributed by atoms with Crippen LogP contribution in [0.1, 0.15) is 32.3 Å². The Hall–Kier alpha value is -2.08. The second-order valence-electron chi connectivity index (χ2n) is 6.50. The maximum atomic E-state index is 12.5. The molecule has 0 radical (unpaired) electrons. The fourth-order valence-electron chi connectivity index (χ4n) is 3.18. The monoisotopic (exact) mass is 334 g/mol. The minimum absolute atomic E-state index is 0.0323. The van der Waals surface area contributed by atoms with Crippen molar-refractivity contribution in [1.29, 1.82) is 0 Å². The Morgan fingerprint density at radius 2 is 2.00 bits per heavy atom. The molecule has 1 aromatic rings. The lowest BCUT2D eigenvalue weighted by Gasteiger charge is -2.37. The van der Waals surface area contributed by atoms with Crippen LogP contribution in [0, 0.1) is 0 Å². The van der Waals surface area contributed by atoms with Crippen molar-refractivity contribution in [3.05, 3.63) is 29.8 Å². The molecule has 6 nitrogen and oxygen atoms in total. The lowest BCUT2D eigenvalue weighted by Crippen LogP contribution is -2.50. The molecule has 1 fully saturated rings. The molecule has 2 atom stereocenters. The summed E-state index contributed by atoms with van der Waals surface area (Å²) in [6, 6.07) is 6.94. The maximum Gasteiger partial charge on any atom is 0.242 e. The molecule has 24 heavy (non-hydrogen) atoms. The lowest BCUT2D eigenvalue weighted by atomic mass is 9.86. The van der Waals surface area contributed by atoms with E-state index in [0.717, 1.165) is 24.2 Å². The summed E-state index contributed by atoms with van der Waals surface area (Å²) in [5.41, 5.74) is -0.416. The van der Waals surface area contributed by atoms with E-state index in [2.05, 4.69) is 0 Å². The van der Waals surface area contributed by atoms with E-state index in [4.69, 9.17) is 4.74 Å². The number of carbonyl (C=O) groups excluding carboxylic acids is 2. The Kier molecular flexibility index (Phi) is 5.49. The summed E-state index contributed by atoms with van der Waals surface area (Å²) in [6.45, 7) is 3.80. The summed E-state index contributed by atoms with van der Waals surface area (Å²) < 4.78 is 5.15. The van der Waals surface area contributed by atoms with Crippen molar-refractivity contribution in [2.45, 2.75) is 38.3 Å². The second kappa shape index (κ2) is 7.21. The normalized spacial score (nSPS) is 19.7. The highest BCUT2D eigenvalue weighted by Gasteiger charge is 2.42. The number of nitrogens with zero attached hydrogens (tertiary/aromatic N) is 2. The Labute approximate surface area is 143 Å². The lowest BCUT2D eigenvalue weighted by molar-refractivity contribution is -0.142. The van der Waals surface area contributed by atoms with Crippen molar-refractivity contribution >= 4 is 11.8 Å². The van der Waals surface area contributed by atoms with Crippen molar-refractivity contribution in [2.75, 3.05) is 27.2 Å². The van der Waals surface area contributed by atoms with E-state index in [1.165, 1.54) is 11.8 Å². The van der Waals surface area contributed by atoms with E-state index >= 15 is 0 Å². The molecule has 132 valence electrons. The first-order chi connectivity index (χ1) is 11.3. The van der Waals surface area contributed by atoms with Gasteiger partial charge in [0.2, 0.25) is 11.8 Å². The van der Waals surface area contributed by atoms with Crippen LogP contribution in [-0.4, -0.2) is 60.0 Å². The summed E-state index contributed by atoms with van der Waals surface area (Å²) in [4.78, 5) is 27.0. The van der Waals surface area contributed by atoms with Gasteiger partial charge in [0.15, 0.2) is 0 Å². The number of amides is 2. The molecule has 1 aromatic carbocycles. The third-order valence-corrected chi connectivity index (χ3v) is 4.81. The van der Waals surface area contributed by atoms with Crippen LogP contribution in [0.4, 0.5) is 0 Å². The SMILES string of the molecule is COc1ccc([C@](C)(O)[C@H]2CCCN2C(=O)CN(C)C(C)=O)cc1. The smallest absolute Gasteiger partial charge is 0.242 e. The van der Waals surface area contributed by atoms with Crippen LogP contribution >= 0.6 is 0 Å². The van der Waals surface area contributed by atoms with Gasteiger partial charge in [-0.2, -0.15) is 0 Å². The van der Waals surface area contributed by atoms with Crippen molar-refractivity contribution in [2.24, 2.45) is 0 Å². The zero-order valence-corrected chi connectivity index (χ0v) is 14.8. The Morgan fingerprint density at radius 3 is 2.54 bits per heavy atom. The highest BCUT2D eigenvalue weighted by atomic mass is 16.5. The number of hydrogen-bond donors (Lipinski definition) is 1. The van der Waals surface area contributed by atoms with Gasteiger partial charge in [-0.05, 0) is 37.5 Å². The van der Waals surface area contributed by atoms with Crippen molar-refractivity contribution < 1.29 is 19.4 Å². The van der Waals surface area contributed by atoms with Gasteiger partial charge < -0.3 is 19.6 Å². The van der Waals surface area contributed by atoms with Crippen molar-refractivity contribution in [1.82, 2.24) is 9.80 Å². The Bertz CT molecular complexity index is 598. The van der Waals surface area contributed by atoms with Gasteiger partial charge in [-0.25, -0.2) is 0 Å². The first kappa shape index (κ1) is 18.3. The zero-order chi connectivity index (χ0) is 17.9. The number of methoxy groups -OCH3 is 1. The van der Waals surface area contributed by atoms with Crippen LogP contribution in [0.3, 0.4) is 0 Å². The molecule has 2 rings (SSSR count). The number of ether oxygens (including phenoxy) is 1. The number of carbonyl (C=O) groups is 2. The maximum absolute atomic E-state index is 12.5. The average Bonchev–Trinajstić information content (AvgIpc) is 3.05. The molecule has 0 spiro atoms. The molecule has 0 aliphatic carbocycles. The fraction of sp³-hybridized carbons (Fsp3) is 0.556. The van der Waals surface area contributed by atoms with Gasteiger partial charge in [-0.3, -0.25) is 9.59 Å². The van der Waals surface area contributed by atoms with Gasteiger partial charge >= 0.3 is 0 Å². The number of aliphatic hydroxyl groups is 1. The van der Waals surface area contributed by atoms with Gasteiger partial charge in [0.25, 0.3) is 0 Å². The quantitative estimate of drug-likeness (QED) is 0.883. The molecular formula is C18H26N2O4. The van der Waals surface area contributed by atoms with Gasteiger partial charge in [0.1, 0.15) is 11.4 Å². The minimum Gasteiger partial charge on any atom is -0.497 e. The molecule has 6 heteroatoms. The fourth-order valence-corrected chi connectivity index (χ4v) is 3.18.